The molecule has 5 nitrogen and oxygen atoms in total. The summed E-state index contributed by atoms with van der Waals surface area (Å²) >= 11 is 0. The molecule has 1 aromatic rings. The second-order valence-electron chi connectivity index (χ2n) is 2.63. The summed E-state index contributed by atoms with van der Waals surface area (Å²) in [5.74, 6) is 0.531. The molecule has 1 atom stereocenters. The molecular formula is C8H12NO4P. The van der Waals surface area contributed by atoms with Gasteiger partial charge in [0.25, 0.3) is 0 Å². The smallest absolute Gasteiger partial charge is 0.316 e. The van der Waals surface area contributed by atoms with Gasteiger partial charge in [-0.1, -0.05) is 6.07 Å². The first-order chi connectivity index (χ1) is 6.63. The lowest BCUT2D eigenvalue weighted by atomic mass is 10.2. The van der Waals surface area contributed by atoms with E-state index in [9.17, 15) is 4.57 Å². The maximum atomic E-state index is 10.3. The third kappa shape index (κ3) is 3.03. The zero-order valence-electron chi connectivity index (χ0n) is 7.69. The Hall–Kier alpha value is -1.03. The van der Waals surface area contributed by atoms with Crippen LogP contribution >= 0.6 is 8.25 Å². The molecule has 6 heteroatoms. The Balaban J connectivity index is 2.74. The number of hydrogen-bond donors (Lipinski definition) is 2. The van der Waals surface area contributed by atoms with Crippen molar-refractivity contribution in [3.63, 3.8) is 0 Å². The van der Waals surface area contributed by atoms with Crippen LogP contribution in [-0.2, 0) is 15.7 Å². The average Bonchev–Trinajstić information content (AvgIpc) is 2.16. The van der Waals surface area contributed by atoms with Gasteiger partial charge in [0.2, 0.25) is 0 Å². The number of nitrogens with two attached hydrogens (primary N) is 1. The van der Waals surface area contributed by atoms with E-state index >= 15 is 0 Å². The minimum Gasteiger partial charge on any atom is -0.495 e. The van der Waals surface area contributed by atoms with Crippen LogP contribution in [-0.4, -0.2) is 12.0 Å². The van der Waals surface area contributed by atoms with Crippen molar-refractivity contribution in [3.8, 4) is 5.75 Å². The van der Waals surface area contributed by atoms with Crippen molar-refractivity contribution in [3.05, 3.63) is 23.8 Å². The summed E-state index contributed by atoms with van der Waals surface area (Å²) in [6, 6.07) is 5.04. The zero-order chi connectivity index (χ0) is 10.6. The maximum absolute atomic E-state index is 10.3. The molecule has 1 unspecified atom stereocenters. The van der Waals surface area contributed by atoms with Crippen molar-refractivity contribution in [2.45, 2.75) is 6.61 Å². The Morgan fingerprint density at radius 1 is 1.57 bits per heavy atom. The second-order valence-corrected chi connectivity index (χ2v) is 3.45. The van der Waals surface area contributed by atoms with Crippen LogP contribution in [0.2, 0.25) is 0 Å². The largest absolute Gasteiger partial charge is 0.495 e. The highest BCUT2D eigenvalue weighted by atomic mass is 31.1. The van der Waals surface area contributed by atoms with E-state index in [0.717, 1.165) is 5.56 Å². The summed E-state index contributed by atoms with van der Waals surface area (Å²) in [7, 11) is -1.38. The Labute approximate surface area is 82.4 Å². The fourth-order valence-electron chi connectivity index (χ4n) is 0.990. The molecule has 0 fully saturated rings. The SMILES string of the molecule is COc1cc(CO[PH](=O)O)ccc1N. The molecule has 3 N–H and O–H groups in total. The van der Waals surface area contributed by atoms with Gasteiger partial charge in [-0.3, -0.25) is 4.57 Å². The van der Waals surface area contributed by atoms with Crippen LogP contribution in [0.25, 0.3) is 0 Å². The molecule has 0 aromatic heterocycles. The van der Waals surface area contributed by atoms with Crippen LogP contribution in [0.15, 0.2) is 18.2 Å². The molecule has 78 valence electrons. The molecule has 0 heterocycles. The van der Waals surface area contributed by atoms with E-state index in [1.807, 2.05) is 0 Å². The Kier molecular flexibility index (Phi) is 3.95. The van der Waals surface area contributed by atoms with Crippen molar-refractivity contribution in [1.29, 1.82) is 0 Å². The summed E-state index contributed by atoms with van der Waals surface area (Å²) in [4.78, 5) is 8.46. The van der Waals surface area contributed by atoms with Crippen molar-refractivity contribution < 1.29 is 18.7 Å². The molecule has 0 bridgehead atoms. The molecule has 0 amide bonds. The summed E-state index contributed by atoms with van der Waals surface area (Å²) in [6.45, 7) is 0.0743. The van der Waals surface area contributed by atoms with Crippen molar-refractivity contribution in [2.75, 3.05) is 12.8 Å². The van der Waals surface area contributed by atoms with Gasteiger partial charge in [0.05, 0.1) is 19.4 Å². The van der Waals surface area contributed by atoms with Crippen LogP contribution in [0.4, 0.5) is 5.69 Å². The third-order valence-corrected chi connectivity index (χ3v) is 2.05. The maximum Gasteiger partial charge on any atom is 0.316 e. The van der Waals surface area contributed by atoms with Crippen LogP contribution in [0.3, 0.4) is 0 Å². The van der Waals surface area contributed by atoms with E-state index < -0.39 is 8.25 Å². The highest BCUT2D eigenvalue weighted by Crippen LogP contribution is 2.24. The molecule has 1 aromatic carbocycles. The van der Waals surface area contributed by atoms with E-state index in [1.54, 1.807) is 18.2 Å². The monoisotopic (exact) mass is 217 g/mol. The number of ether oxygens (including phenoxy) is 1. The lowest BCUT2D eigenvalue weighted by Gasteiger charge is -2.06. The quantitative estimate of drug-likeness (QED) is 0.584. The zero-order valence-corrected chi connectivity index (χ0v) is 8.69. The highest BCUT2D eigenvalue weighted by Gasteiger charge is 2.01. The predicted octanol–water partition coefficient (Wildman–Crippen LogP) is 1.18. The number of benzene rings is 1. The minimum absolute atomic E-state index is 0.0743. The fourth-order valence-corrected chi connectivity index (χ4v) is 1.28. The van der Waals surface area contributed by atoms with Gasteiger partial charge in [-0.05, 0) is 17.7 Å². The van der Waals surface area contributed by atoms with Crippen LogP contribution < -0.4 is 10.5 Å². The van der Waals surface area contributed by atoms with Crippen LogP contribution in [0, 0.1) is 0 Å². The molecule has 1 rings (SSSR count). The summed E-state index contributed by atoms with van der Waals surface area (Å²) in [5, 5.41) is 0. The van der Waals surface area contributed by atoms with Crippen LogP contribution in [0.5, 0.6) is 5.75 Å². The first-order valence-corrected chi connectivity index (χ1v) is 5.18. The van der Waals surface area contributed by atoms with E-state index in [0.29, 0.717) is 11.4 Å². The van der Waals surface area contributed by atoms with Gasteiger partial charge in [0, 0.05) is 0 Å². The molecule has 0 spiro atoms. The molecule has 0 aliphatic rings. The highest BCUT2D eigenvalue weighted by molar-refractivity contribution is 7.32. The first-order valence-electron chi connectivity index (χ1n) is 3.91. The van der Waals surface area contributed by atoms with Gasteiger partial charge in [0.1, 0.15) is 5.75 Å². The Bertz CT molecular complexity index is 342. The van der Waals surface area contributed by atoms with Crippen molar-refractivity contribution >= 4 is 13.9 Å². The van der Waals surface area contributed by atoms with E-state index in [1.165, 1.54) is 7.11 Å². The van der Waals surface area contributed by atoms with Crippen molar-refractivity contribution in [2.24, 2.45) is 0 Å². The van der Waals surface area contributed by atoms with Gasteiger partial charge >= 0.3 is 8.25 Å². The Morgan fingerprint density at radius 3 is 2.86 bits per heavy atom. The molecule has 14 heavy (non-hydrogen) atoms. The van der Waals surface area contributed by atoms with E-state index in [-0.39, 0.29) is 6.61 Å². The van der Waals surface area contributed by atoms with Gasteiger partial charge in [-0.2, -0.15) is 0 Å². The first kappa shape index (κ1) is 11.0. The molecule has 0 radical (unpaired) electrons. The van der Waals surface area contributed by atoms with Crippen LogP contribution in [0.1, 0.15) is 5.56 Å². The van der Waals surface area contributed by atoms with E-state index in [2.05, 4.69) is 4.52 Å². The normalized spacial score (nSPS) is 12.4. The van der Waals surface area contributed by atoms with Gasteiger partial charge in [-0.25, -0.2) is 0 Å². The lowest BCUT2D eigenvalue weighted by Crippen LogP contribution is -1.94. The molecule has 0 aliphatic heterocycles. The van der Waals surface area contributed by atoms with Crippen molar-refractivity contribution in [1.82, 2.24) is 0 Å². The average molecular weight is 217 g/mol. The number of rotatable bonds is 4. The summed E-state index contributed by atoms with van der Waals surface area (Å²) in [6.07, 6.45) is 0. The molecule has 0 saturated carbocycles. The van der Waals surface area contributed by atoms with Gasteiger partial charge < -0.3 is 19.9 Å². The number of hydrogen-bond acceptors (Lipinski definition) is 4. The number of anilines is 1. The standard InChI is InChI=1S/C8H12NO4P/c1-12-8-4-6(2-3-7(8)9)5-13-14(10)11/h2-4,14H,5,9H2,1H3,(H,10,11). The minimum atomic E-state index is -2.88. The number of nitrogen functional groups attached to an aromatic ring is 1. The summed E-state index contributed by atoms with van der Waals surface area (Å²) < 4.78 is 19.9. The lowest BCUT2D eigenvalue weighted by molar-refractivity contribution is 0.272. The molecule has 0 saturated heterocycles. The molecule has 0 aliphatic carbocycles. The third-order valence-electron chi connectivity index (χ3n) is 1.66. The second kappa shape index (κ2) is 5.00. The van der Waals surface area contributed by atoms with E-state index in [4.69, 9.17) is 15.4 Å². The Morgan fingerprint density at radius 2 is 2.29 bits per heavy atom. The fraction of sp³-hybridized carbons (Fsp3) is 0.250. The van der Waals surface area contributed by atoms with Gasteiger partial charge in [0.15, 0.2) is 0 Å². The predicted molar refractivity (Wildman–Crippen MR) is 53.4 cm³/mol. The topological polar surface area (TPSA) is 81.8 Å². The number of methoxy groups -OCH3 is 1. The molecular weight excluding hydrogens is 205 g/mol. The van der Waals surface area contributed by atoms with Gasteiger partial charge in [-0.15, -0.1) is 0 Å². The summed E-state index contributed by atoms with van der Waals surface area (Å²) in [5.41, 5.74) is 6.85.